The predicted octanol–water partition coefficient (Wildman–Crippen LogP) is 1.92. The third-order valence-corrected chi connectivity index (χ3v) is 4.04. The van der Waals surface area contributed by atoms with Gasteiger partial charge in [-0.3, -0.25) is 14.8 Å². The summed E-state index contributed by atoms with van der Waals surface area (Å²) in [7, 11) is 0. The van der Waals surface area contributed by atoms with Gasteiger partial charge in [0.25, 0.3) is 0 Å². The number of aromatic nitrogens is 1. The van der Waals surface area contributed by atoms with Crippen molar-refractivity contribution < 1.29 is 5.11 Å². The number of aliphatic hydroxyl groups excluding tert-OH is 1. The van der Waals surface area contributed by atoms with Gasteiger partial charge in [-0.25, -0.2) is 0 Å². The van der Waals surface area contributed by atoms with Gasteiger partial charge in [-0.15, -0.1) is 0 Å². The molecule has 1 aliphatic heterocycles. The number of aliphatic hydroxyl groups is 1. The molecule has 0 aromatic carbocycles. The molecule has 1 aromatic rings. The Balaban J connectivity index is 1.92. The van der Waals surface area contributed by atoms with E-state index in [4.69, 9.17) is 0 Å². The fourth-order valence-electron chi connectivity index (χ4n) is 2.81. The van der Waals surface area contributed by atoms with Crippen LogP contribution in [0.2, 0.25) is 0 Å². The molecule has 0 saturated carbocycles. The fourth-order valence-corrected chi connectivity index (χ4v) is 2.81. The van der Waals surface area contributed by atoms with Gasteiger partial charge in [-0.05, 0) is 38.0 Å². The Labute approximate surface area is 128 Å². The number of piperazine rings is 1. The summed E-state index contributed by atoms with van der Waals surface area (Å²) in [5, 5.41) is 9.32. The quantitative estimate of drug-likeness (QED) is 0.812. The van der Waals surface area contributed by atoms with E-state index in [1.54, 1.807) is 0 Å². The Morgan fingerprint density at radius 2 is 2.10 bits per heavy atom. The summed E-state index contributed by atoms with van der Waals surface area (Å²) in [5.41, 5.74) is 2.67. The molecule has 2 heterocycles. The van der Waals surface area contributed by atoms with E-state index in [2.05, 4.69) is 46.8 Å². The number of rotatable bonds is 6. The molecule has 2 rings (SSSR count). The molecule has 0 spiro atoms. The maximum absolute atomic E-state index is 9.32. The van der Waals surface area contributed by atoms with Crippen LogP contribution in [0.5, 0.6) is 0 Å². The molecule has 1 aliphatic rings. The van der Waals surface area contributed by atoms with Crippen molar-refractivity contribution in [3.05, 3.63) is 41.7 Å². The first-order chi connectivity index (χ1) is 10.2. The average molecular weight is 289 g/mol. The zero-order valence-corrected chi connectivity index (χ0v) is 13.2. The van der Waals surface area contributed by atoms with Gasteiger partial charge in [0.15, 0.2) is 0 Å². The lowest BCUT2D eigenvalue weighted by molar-refractivity contribution is 0.0636. The summed E-state index contributed by atoms with van der Waals surface area (Å²) in [6, 6.07) is 4.61. The molecule has 1 saturated heterocycles. The number of hydrogen-bond acceptors (Lipinski definition) is 4. The number of allylic oxidation sites excluding steroid dienone is 1. The van der Waals surface area contributed by atoms with Gasteiger partial charge >= 0.3 is 0 Å². The molecule has 21 heavy (non-hydrogen) atoms. The van der Waals surface area contributed by atoms with Crippen LogP contribution in [0.3, 0.4) is 0 Å². The number of pyridine rings is 1. The molecular formula is C17H27N3O. The smallest absolute Gasteiger partial charge is 0.0446 e. The molecule has 4 nitrogen and oxygen atoms in total. The molecular weight excluding hydrogens is 262 g/mol. The molecule has 4 heteroatoms. The van der Waals surface area contributed by atoms with Gasteiger partial charge in [0, 0.05) is 57.8 Å². The minimum absolute atomic E-state index is 0.263. The van der Waals surface area contributed by atoms with Crippen LogP contribution in [0.15, 0.2) is 36.2 Å². The second-order valence-electron chi connectivity index (χ2n) is 6.03. The third kappa shape index (κ3) is 5.23. The van der Waals surface area contributed by atoms with E-state index in [0.29, 0.717) is 6.04 Å². The van der Waals surface area contributed by atoms with Crippen LogP contribution in [0.25, 0.3) is 0 Å². The van der Waals surface area contributed by atoms with Crippen LogP contribution in [0.4, 0.5) is 0 Å². The van der Waals surface area contributed by atoms with Crippen molar-refractivity contribution in [2.24, 2.45) is 0 Å². The minimum Gasteiger partial charge on any atom is -0.396 e. The van der Waals surface area contributed by atoms with Crippen molar-refractivity contribution in [3.63, 3.8) is 0 Å². The Bertz CT molecular complexity index is 443. The second kappa shape index (κ2) is 8.27. The zero-order valence-electron chi connectivity index (χ0n) is 13.2. The van der Waals surface area contributed by atoms with E-state index in [9.17, 15) is 5.11 Å². The molecule has 0 aliphatic carbocycles. The first-order valence-corrected chi connectivity index (χ1v) is 7.78. The van der Waals surface area contributed by atoms with Crippen LogP contribution in [-0.4, -0.2) is 58.7 Å². The number of hydrogen-bond donors (Lipinski definition) is 1. The van der Waals surface area contributed by atoms with Gasteiger partial charge in [-0.2, -0.15) is 0 Å². The summed E-state index contributed by atoms with van der Waals surface area (Å²) in [5.74, 6) is 0. The zero-order chi connectivity index (χ0) is 15.1. The van der Waals surface area contributed by atoms with E-state index >= 15 is 0 Å². The summed E-state index contributed by atoms with van der Waals surface area (Å²) < 4.78 is 0. The molecule has 0 amide bonds. The molecule has 0 unspecified atom stereocenters. The van der Waals surface area contributed by atoms with Crippen molar-refractivity contribution >= 4 is 0 Å². The molecule has 116 valence electrons. The number of nitrogens with zero attached hydrogens (tertiary/aromatic N) is 3. The summed E-state index contributed by atoms with van der Waals surface area (Å²) in [6.45, 7) is 9.69. The molecule has 0 radical (unpaired) electrons. The Hall–Kier alpha value is -1.23. The van der Waals surface area contributed by atoms with Crippen molar-refractivity contribution in [2.45, 2.75) is 32.9 Å². The monoisotopic (exact) mass is 289 g/mol. The van der Waals surface area contributed by atoms with Crippen molar-refractivity contribution in [1.82, 2.24) is 14.8 Å². The van der Waals surface area contributed by atoms with Crippen LogP contribution in [-0.2, 0) is 6.54 Å². The van der Waals surface area contributed by atoms with Crippen molar-refractivity contribution in [2.75, 3.05) is 32.8 Å². The van der Waals surface area contributed by atoms with Gasteiger partial charge < -0.3 is 5.11 Å². The first kappa shape index (κ1) is 16.1. The Kier molecular flexibility index (Phi) is 6.36. The maximum Gasteiger partial charge on any atom is 0.0446 e. The largest absolute Gasteiger partial charge is 0.396 e. The Morgan fingerprint density at radius 3 is 2.76 bits per heavy atom. The highest BCUT2D eigenvalue weighted by Crippen LogP contribution is 2.15. The lowest BCUT2D eigenvalue weighted by atomic mass is 10.1. The SMILES string of the molecule is CC(C)=CCN1CCN(Cc2ccncc2)C[C@@H]1CCO. The molecule has 0 bridgehead atoms. The van der Waals surface area contributed by atoms with Gasteiger partial charge in [0.2, 0.25) is 0 Å². The van der Waals surface area contributed by atoms with Crippen molar-refractivity contribution in [3.8, 4) is 0 Å². The lowest BCUT2D eigenvalue weighted by Crippen LogP contribution is -2.53. The minimum atomic E-state index is 0.263. The van der Waals surface area contributed by atoms with Crippen molar-refractivity contribution in [1.29, 1.82) is 0 Å². The van der Waals surface area contributed by atoms with Gasteiger partial charge in [0.1, 0.15) is 0 Å². The summed E-state index contributed by atoms with van der Waals surface area (Å²) >= 11 is 0. The van der Waals surface area contributed by atoms with Gasteiger partial charge in [-0.1, -0.05) is 11.6 Å². The maximum atomic E-state index is 9.32. The van der Waals surface area contributed by atoms with E-state index < -0.39 is 0 Å². The summed E-state index contributed by atoms with van der Waals surface area (Å²) in [4.78, 5) is 9.04. The Morgan fingerprint density at radius 1 is 1.33 bits per heavy atom. The van der Waals surface area contributed by atoms with Crippen LogP contribution in [0, 0.1) is 0 Å². The highest BCUT2D eigenvalue weighted by atomic mass is 16.3. The summed E-state index contributed by atoms with van der Waals surface area (Å²) in [6.07, 6.45) is 6.84. The first-order valence-electron chi connectivity index (χ1n) is 7.78. The standard InChI is InChI=1S/C17H27N3O/c1-15(2)5-9-20-11-10-19(14-17(20)6-12-21)13-16-3-7-18-8-4-16/h3-5,7-8,17,21H,6,9-14H2,1-2H3/t17-/m0/s1. The molecule has 1 fully saturated rings. The van der Waals surface area contributed by atoms with Crippen LogP contribution in [0.1, 0.15) is 25.8 Å². The lowest BCUT2D eigenvalue weighted by Gasteiger charge is -2.41. The van der Waals surface area contributed by atoms with Gasteiger partial charge in [0.05, 0.1) is 0 Å². The van der Waals surface area contributed by atoms with Crippen LogP contribution >= 0.6 is 0 Å². The van der Waals surface area contributed by atoms with E-state index in [1.807, 2.05) is 12.4 Å². The van der Waals surface area contributed by atoms with E-state index in [1.165, 1.54) is 11.1 Å². The normalized spacial score (nSPS) is 20.4. The molecule has 1 N–H and O–H groups in total. The van der Waals surface area contributed by atoms with Crippen LogP contribution < -0.4 is 0 Å². The highest BCUT2D eigenvalue weighted by molar-refractivity contribution is 5.09. The fraction of sp³-hybridized carbons (Fsp3) is 0.588. The highest BCUT2D eigenvalue weighted by Gasteiger charge is 2.25. The second-order valence-corrected chi connectivity index (χ2v) is 6.03. The predicted molar refractivity (Wildman–Crippen MR) is 86.0 cm³/mol. The molecule has 1 atom stereocenters. The molecule has 1 aromatic heterocycles. The van der Waals surface area contributed by atoms with E-state index in [0.717, 1.165) is 39.1 Å². The average Bonchev–Trinajstić information content (AvgIpc) is 2.48. The third-order valence-electron chi connectivity index (χ3n) is 4.04. The van der Waals surface area contributed by atoms with E-state index in [-0.39, 0.29) is 6.61 Å². The topological polar surface area (TPSA) is 39.6 Å².